The number of carbonyl (C=O) groups is 1. The number of hydrogen-bond acceptors (Lipinski definition) is 3. The van der Waals surface area contributed by atoms with Crippen molar-refractivity contribution in [3.8, 4) is 0 Å². The zero-order valence-electron chi connectivity index (χ0n) is 10.8. The minimum atomic E-state index is 0.00575. The first-order valence-electron chi connectivity index (χ1n) is 6.60. The second-order valence-corrected chi connectivity index (χ2v) is 5.13. The Kier molecular flexibility index (Phi) is 5.19. The summed E-state index contributed by atoms with van der Waals surface area (Å²) in [6, 6.07) is 7.55. The van der Waals surface area contributed by atoms with Crippen molar-refractivity contribution in [2.75, 3.05) is 26.2 Å². The molecule has 0 saturated carbocycles. The lowest BCUT2D eigenvalue weighted by molar-refractivity contribution is 0.0703. The van der Waals surface area contributed by atoms with E-state index in [4.69, 9.17) is 16.7 Å². The van der Waals surface area contributed by atoms with Gasteiger partial charge >= 0.3 is 0 Å². The predicted octanol–water partition coefficient (Wildman–Crippen LogP) is 1.53. The van der Waals surface area contributed by atoms with Gasteiger partial charge in [0, 0.05) is 25.7 Å². The van der Waals surface area contributed by atoms with Crippen LogP contribution in [0.15, 0.2) is 24.3 Å². The monoisotopic (exact) mass is 282 g/mol. The maximum Gasteiger partial charge on any atom is 0.255 e. The molecule has 0 radical (unpaired) electrons. The van der Waals surface area contributed by atoms with Gasteiger partial charge in [-0.15, -0.1) is 0 Å². The third-order valence-corrected chi connectivity index (χ3v) is 3.76. The van der Waals surface area contributed by atoms with Crippen LogP contribution in [-0.4, -0.2) is 48.2 Å². The van der Waals surface area contributed by atoms with Crippen molar-refractivity contribution < 1.29 is 9.90 Å². The Morgan fingerprint density at radius 3 is 2.68 bits per heavy atom. The molecule has 1 amide bonds. The van der Waals surface area contributed by atoms with Crippen molar-refractivity contribution in [2.24, 2.45) is 0 Å². The van der Waals surface area contributed by atoms with E-state index in [2.05, 4.69) is 5.32 Å². The fourth-order valence-electron chi connectivity index (χ4n) is 2.36. The van der Waals surface area contributed by atoms with Crippen molar-refractivity contribution >= 4 is 17.5 Å². The van der Waals surface area contributed by atoms with E-state index in [1.54, 1.807) is 12.1 Å². The lowest BCUT2D eigenvalue weighted by Crippen LogP contribution is -2.45. The minimum absolute atomic E-state index is 0.00575. The molecular weight excluding hydrogens is 264 g/mol. The summed E-state index contributed by atoms with van der Waals surface area (Å²) >= 11 is 6.05. The molecule has 5 heteroatoms. The number of nitrogens with zero attached hydrogens (tertiary/aromatic N) is 1. The SMILES string of the molecule is O=C(c1ccccc1Cl)N1CCC(NCCO)CC1. The number of carbonyl (C=O) groups excluding carboxylic acids is 1. The molecule has 1 aromatic rings. The van der Waals surface area contributed by atoms with Gasteiger partial charge in [-0.3, -0.25) is 4.79 Å². The number of hydrogen-bond donors (Lipinski definition) is 2. The number of halogens is 1. The molecule has 0 unspecified atom stereocenters. The summed E-state index contributed by atoms with van der Waals surface area (Å²) in [5.74, 6) is 0.00575. The highest BCUT2D eigenvalue weighted by Gasteiger charge is 2.24. The van der Waals surface area contributed by atoms with Crippen molar-refractivity contribution in [1.29, 1.82) is 0 Å². The van der Waals surface area contributed by atoms with Gasteiger partial charge in [-0.25, -0.2) is 0 Å². The Balaban J connectivity index is 1.91. The number of rotatable bonds is 4. The van der Waals surface area contributed by atoms with Crippen molar-refractivity contribution in [2.45, 2.75) is 18.9 Å². The summed E-state index contributed by atoms with van der Waals surface area (Å²) in [7, 11) is 0. The highest BCUT2D eigenvalue weighted by molar-refractivity contribution is 6.33. The molecule has 1 saturated heterocycles. The van der Waals surface area contributed by atoms with E-state index in [1.165, 1.54) is 0 Å². The molecule has 0 aromatic heterocycles. The topological polar surface area (TPSA) is 52.6 Å². The number of benzene rings is 1. The van der Waals surface area contributed by atoms with Gasteiger partial charge in [0.25, 0.3) is 5.91 Å². The van der Waals surface area contributed by atoms with Crippen LogP contribution < -0.4 is 5.32 Å². The Bertz CT molecular complexity index is 431. The van der Waals surface area contributed by atoms with Crippen LogP contribution in [0.25, 0.3) is 0 Å². The van der Waals surface area contributed by atoms with Crippen LogP contribution in [0.2, 0.25) is 5.02 Å². The summed E-state index contributed by atoms with van der Waals surface area (Å²) in [6.07, 6.45) is 1.83. The number of nitrogens with one attached hydrogen (secondary N) is 1. The highest BCUT2D eigenvalue weighted by atomic mass is 35.5. The summed E-state index contributed by atoms with van der Waals surface area (Å²) in [4.78, 5) is 14.2. The Morgan fingerprint density at radius 2 is 2.05 bits per heavy atom. The van der Waals surface area contributed by atoms with Gasteiger partial charge in [0.2, 0.25) is 0 Å². The standard InChI is InChI=1S/C14H19ClN2O2/c15-13-4-2-1-3-12(13)14(19)17-8-5-11(6-9-17)16-7-10-18/h1-4,11,16,18H,5-10H2. The molecule has 104 valence electrons. The number of aliphatic hydroxyl groups excluding tert-OH is 1. The van der Waals surface area contributed by atoms with E-state index in [0.29, 0.717) is 23.2 Å². The Labute approximate surface area is 118 Å². The molecule has 2 rings (SSSR count). The molecule has 0 aliphatic carbocycles. The molecule has 1 fully saturated rings. The summed E-state index contributed by atoms with van der Waals surface area (Å²) < 4.78 is 0. The smallest absolute Gasteiger partial charge is 0.255 e. The number of piperidine rings is 1. The van der Waals surface area contributed by atoms with Crippen LogP contribution >= 0.6 is 11.6 Å². The van der Waals surface area contributed by atoms with E-state index in [9.17, 15) is 4.79 Å². The largest absolute Gasteiger partial charge is 0.395 e. The molecule has 0 bridgehead atoms. The third kappa shape index (κ3) is 3.69. The Morgan fingerprint density at radius 1 is 1.37 bits per heavy atom. The van der Waals surface area contributed by atoms with E-state index in [-0.39, 0.29) is 12.5 Å². The summed E-state index contributed by atoms with van der Waals surface area (Å²) in [6.45, 7) is 2.22. The van der Waals surface area contributed by atoms with Gasteiger partial charge in [0.05, 0.1) is 17.2 Å². The maximum absolute atomic E-state index is 12.3. The minimum Gasteiger partial charge on any atom is -0.395 e. The van der Waals surface area contributed by atoms with E-state index >= 15 is 0 Å². The number of likely N-dealkylation sites (tertiary alicyclic amines) is 1. The first-order valence-corrected chi connectivity index (χ1v) is 6.98. The normalized spacial score (nSPS) is 16.6. The second kappa shape index (κ2) is 6.89. The van der Waals surface area contributed by atoms with Crippen LogP contribution in [0.5, 0.6) is 0 Å². The quantitative estimate of drug-likeness (QED) is 0.881. The highest BCUT2D eigenvalue weighted by Crippen LogP contribution is 2.19. The van der Waals surface area contributed by atoms with Crippen molar-refractivity contribution in [1.82, 2.24) is 10.2 Å². The lowest BCUT2D eigenvalue weighted by Gasteiger charge is -2.32. The molecule has 1 aromatic carbocycles. The molecule has 2 N–H and O–H groups in total. The van der Waals surface area contributed by atoms with Gasteiger partial charge in [-0.2, -0.15) is 0 Å². The molecular formula is C14H19ClN2O2. The van der Waals surface area contributed by atoms with Gasteiger partial charge in [-0.05, 0) is 25.0 Å². The second-order valence-electron chi connectivity index (χ2n) is 4.72. The third-order valence-electron chi connectivity index (χ3n) is 3.43. The van der Waals surface area contributed by atoms with Gasteiger partial charge in [0.1, 0.15) is 0 Å². The molecule has 1 heterocycles. The number of aliphatic hydroxyl groups is 1. The van der Waals surface area contributed by atoms with Crippen molar-refractivity contribution in [3.05, 3.63) is 34.9 Å². The Hall–Kier alpha value is -1.10. The molecule has 1 aliphatic heterocycles. The zero-order chi connectivity index (χ0) is 13.7. The van der Waals surface area contributed by atoms with Crippen LogP contribution in [0, 0.1) is 0 Å². The fourth-order valence-corrected chi connectivity index (χ4v) is 2.58. The lowest BCUT2D eigenvalue weighted by atomic mass is 10.0. The molecule has 1 aliphatic rings. The van der Waals surface area contributed by atoms with E-state index < -0.39 is 0 Å². The molecule has 4 nitrogen and oxygen atoms in total. The fraction of sp³-hybridized carbons (Fsp3) is 0.500. The molecule has 19 heavy (non-hydrogen) atoms. The zero-order valence-corrected chi connectivity index (χ0v) is 11.6. The van der Waals surface area contributed by atoms with E-state index in [1.807, 2.05) is 17.0 Å². The summed E-state index contributed by atoms with van der Waals surface area (Å²) in [5, 5.41) is 12.5. The average molecular weight is 283 g/mol. The maximum atomic E-state index is 12.3. The molecule has 0 spiro atoms. The van der Waals surface area contributed by atoms with Crippen LogP contribution in [-0.2, 0) is 0 Å². The van der Waals surface area contributed by atoms with E-state index in [0.717, 1.165) is 25.9 Å². The molecule has 0 atom stereocenters. The number of amides is 1. The van der Waals surface area contributed by atoms with Gasteiger partial charge < -0.3 is 15.3 Å². The summed E-state index contributed by atoms with van der Waals surface area (Å²) in [5.41, 5.74) is 0.575. The van der Waals surface area contributed by atoms with Crippen LogP contribution in [0.3, 0.4) is 0 Å². The predicted molar refractivity (Wildman–Crippen MR) is 75.5 cm³/mol. The van der Waals surface area contributed by atoms with Crippen LogP contribution in [0.4, 0.5) is 0 Å². The van der Waals surface area contributed by atoms with Gasteiger partial charge in [-0.1, -0.05) is 23.7 Å². The first-order chi connectivity index (χ1) is 9.22. The van der Waals surface area contributed by atoms with Gasteiger partial charge in [0.15, 0.2) is 0 Å². The van der Waals surface area contributed by atoms with Crippen molar-refractivity contribution in [3.63, 3.8) is 0 Å². The van der Waals surface area contributed by atoms with Crippen LogP contribution in [0.1, 0.15) is 23.2 Å². The first kappa shape index (κ1) is 14.3. The average Bonchev–Trinajstić information content (AvgIpc) is 2.45.